The van der Waals surface area contributed by atoms with Gasteiger partial charge >= 0.3 is 0 Å². The van der Waals surface area contributed by atoms with Crippen LogP contribution in [0.25, 0.3) is 0 Å². The first-order valence-corrected chi connectivity index (χ1v) is 9.49. The average molecular weight is 324 g/mol. The maximum absolute atomic E-state index is 13.0. The van der Waals surface area contributed by atoms with E-state index in [0.717, 1.165) is 49.2 Å². The summed E-state index contributed by atoms with van der Waals surface area (Å²) in [5, 5.41) is 0. The van der Waals surface area contributed by atoms with Crippen LogP contribution in [0.15, 0.2) is 17.0 Å². The van der Waals surface area contributed by atoms with Crippen molar-refractivity contribution >= 4 is 10.0 Å². The number of piperidine rings is 1. The quantitative estimate of drug-likeness (QED) is 0.855. The van der Waals surface area contributed by atoms with Gasteiger partial charge in [-0.25, -0.2) is 8.42 Å². The average Bonchev–Trinajstić information content (AvgIpc) is 2.45. The Morgan fingerprint density at radius 3 is 2.09 bits per heavy atom. The molecule has 0 radical (unpaired) electrons. The Morgan fingerprint density at radius 2 is 1.64 bits per heavy atom. The summed E-state index contributed by atoms with van der Waals surface area (Å²) >= 11 is 0. The van der Waals surface area contributed by atoms with Crippen molar-refractivity contribution in [2.24, 2.45) is 0 Å². The highest BCUT2D eigenvalue weighted by Crippen LogP contribution is 2.28. The van der Waals surface area contributed by atoms with Gasteiger partial charge in [0.25, 0.3) is 0 Å². The smallest absolute Gasteiger partial charge is 0.243 e. The monoisotopic (exact) mass is 324 g/mol. The molecule has 0 amide bonds. The summed E-state index contributed by atoms with van der Waals surface area (Å²) < 4.78 is 27.7. The third-order valence-electron chi connectivity index (χ3n) is 4.76. The molecule has 0 aliphatic carbocycles. The lowest BCUT2D eigenvalue weighted by molar-refractivity contribution is 0.176. The van der Waals surface area contributed by atoms with E-state index >= 15 is 0 Å². The third-order valence-corrected chi connectivity index (χ3v) is 6.98. The maximum Gasteiger partial charge on any atom is 0.243 e. The van der Waals surface area contributed by atoms with Gasteiger partial charge in [-0.05, 0) is 64.4 Å². The van der Waals surface area contributed by atoms with Crippen LogP contribution in [0.5, 0.6) is 0 Å². The molecule has 2 rings (SSSR count). The van der Waals surface area contributed by atoms with Crippen molar-refractivity contribution < 1.29 is 8.42 Å². The van der Waals surface area contributed by atoms with Crippen molar-refractivity contribution in [3.05, 3.63) is 28.8 Å². The van der Waals surface area contributed by atoms with Gasteiger partial charge in [0, 0.05) is 13.1 Å². The molecule has 0 N–H and O–H groups in total. The fourth-order valence-electron chi connectivity index (χ4n) is 3.51. The largest absolute Gasteiger partial charge is 0.303 e. The van der Waals surface area contributed by atoms with Crippen LogP contribution in [-0.2, 0) is 10.0 Å². The Morgan fingerprint density at radius 1 is 1.14 bits per heavy atom. The second-order valence-electron chi connectivity index (χ2n) is 6.41. The van der Waals surface area contributed by atoms with E-state index in [2.05, 4.69) is 11.8 Å². The Balaban J connectivity index is 2.27. The summed E-state index contributed by atoms with van der Waals surface area (Å²) in [6.07, 6.45) is 1.82. The van der Waals surface area contributed by atoms with Gasteiger partial charge in [-0.3, -0.25) is 0 Å². The van der Waals surface area contributed by atoms with Gasteiger partial charge in [0.2, 0.25) is 10.0 Å². The molecule has 22 heavy (non-hydrogen) atoms. The van der Waals surface area contributed by atoms with Gasteiger partial charge in [0.05, 0.1) is 4.90 Å². The third kappa shape index (κ3) is 3.36. The van der Waals surface area contributed by atoms with Crippen LogP contribution >= 0.6 is 0 Å². The maximum atomic E-state index is 13.0. The lowest BCUT2D eigenvalue weighted by Crippen LogP contribution is -2.45. The highest BCUT2D eigenvalue weighted by Gasteiger charge is 2.32. The van der Waals surface area contributed by atoms with Crippen molar-refractivity contribution in [2.45, 2.75) is 51.5 Å². The topological polar surface area (TPSA) is 40.6 Å². The standard InChI is InChI=1S/C17H28N2O2S/c1-6-19-9-7-16(8-10-19)18(5)22(20,21)17-14(3)11-13(2)12-15(17)4/h11-12,16H,6-10H2,1-5H3. The molecule has 1 fully saturated rings. The Hall–Kier alpha value is -0.910. The second kappa shape index (κ2) is 6.69. The van der Waals surface area contributed by atoms with Crippen molar-refractivity contribution in [3.8, 4) is 0 Å². The van der Waals surface area contributed by atoms with Gasteiger partial charge in [-0.15, -0.1) is 0 Å². The van der Waals surface area contributed by atoms with E-state index in [-0.39, 0.29) is 6.04 Å². The number of aryl methyl sites for hydroxylation is 3. The predicted octanol–water partition coefficient (Wildman–Crippen LogP) is 2.72. The van der Waals surface area contributed by atoms with E-state index in [0.29, 0.717) is 4.90 Å². The zero-order chi connectivity index (χ0) is 16.5. The number of sulfonamides is 1. The fraction of sp³-hybridized carbons (Fsp3) is 0.647. The molecule has 0 atom stereocenters. The summed E-state index contributed by atoms with van der Waals surface area (Å²) in [5.41, 5.74) is 2.79. The van der Waals surface area contributed by atoms with E-state index in [1.54, 1.807) is 11.4 Å². The number of rotatable bonds is 4. The molecule has 1 aliphatic heterocycles. The Labute approximate surface area is 135 Å². The number of hydrogen-bond donors (Lipinski definition) is 0. The summed E-state index contributed by atoms with van der Waals surface area (Å²) in [5.74, 6) is 0. The van der Waals surface area contributed by atoms with Crippen molar-refractivity contribution in [1.82, 2.24) is 9.21 Å². The minimum Gasteiger partial charge on any atom is -0.303 e. The second-order valence-corrected chi connectivity index (χ2v) is 8.35. The van der Waals surface area contributed by atoms with E-state index in [4.69, 9.17) is 0 Å². The normalized spacial score (nSPS) is 18.1. The number of hydrogen-bond acceptors (Lipinski definition) is 3. The molecule has 0 aromatic heterocycles. The molecule has 5 heteroatoms. The number of benzene rings is 1. The van der Waals surface area contributed by atoms with Crippen LogP contribution in [0.4, 0.5) is 0 Å². The van der Waals surface area contributed by atoms with Crippen LogP contribution < -0.4 is 0 Å². The lowest BCUT2D eigenvalue weighted by atomic mass is 10.1. The molecule has 4 nitrogen and oxygen atoms in total. The molecular weight excluding hydrogens is 296 g/mol. The summed E-state index contributed by atoms with van der Waals surface area (Å²) in [7, 11) is -1.69. The van der Waals surface area contributed by atoms with Crippen molar-refractivity contribution in [1.29, 1.82) is 0 Å². The van der Waals surface area contributed by atoms with Crippen LogP contribution in [0.3, 0.4) is 0 Å². The molecule has 1 heterocycles. The number of nitrogens with zero attached hydrogens (tertiary/aromatic N) is 2. The predicted molar refractivity (Wildman–Crippen MR) is 90.7 cm³/mol. The van der Waals surface area contributed by atoms with Gasteiger partial charge in [0.15, 0.2) is 0 Å². The van der Waals surface area contributed by atoms with Crippen molar-refractivity contribution in [2.75, 3.05) is 26.7 Å². The van der Waals surface area contributed by atoms with Crippen LogP contribution in [0.2, 0.25) is 0 Å². The molecule has 1 aliphatic rings. The Kier molecular flexibility index (Phi) is 5.30. The first-order valence-electron chi connectivity index (χ1n) is 8.05. The first kappa shape index (κ1) is 17.4. The van der Waals surface area contributed by atoms with E-state index < -0.39 is 10.0 Å². The van der Waals surface area contributed by atoms with E-state index in [9.17, 15) is 8.42 Å². The molecule has 0 spiro atoms. The number of likely N-dealkylation sites (tertiary alicyclic amines) is 1. The van der Waals surface area contributed by atoms with Crippen LogP contribution in [0.1, 0.15) is 36.5 Å². The SMILES string of the molecule is CCN1CCC(N(C)S(=O)(=O)c2c(C)cc(C)cc2C)CC1. The van der Waals surface area contributed by atoms with Gasteiger partial charge < -0.3 is 4.90 Å². The highest BCUT2D eigenvalue weighted by molar-refractivity contribution is 7.89. The first-order chi connectivity index (χ1) is 10.3. The molecule has 0 unspecified atom stereocenters. The molecule has 0 bridgehead atoms. The Bertz CT molecular complexity index is 609. The van der Waals surface area contributed by atoms with Gasteiger partial charge in [0.1, 0.15) is 0 Å². The highest BCUT2D eigenvalue weighted by atomic mass is 32.2. The minimum atomic E-state index is -3.43. The summed E-state index contributed by atoms with van der Waals surface area (Å²) in [6.45, 7) is 10.9. The summed E-state index contributed by atoms with van der Waals surface area (Å²) in [4.78, 5) is 2.86. The van der Waals surface area contributed by atoms with Crippen LogP contribution in [0, 0.1) is 20.8 Å². The van der Waals surface area contributed by atoms with E-state index in [1.807, 2.05) is 32.9 Å². The molecule has 0 saturated carbocycles. The van der Waals surface area contributed by atoms with Gasteiger partial charge in [-0.2, -0.15) is 4.31 Å². The zero-order valence-electron chi connectivity index (χ0n) is 14.4. The molecule has 124 valence electrons. The summed E-state index contributed by atoms with van der Waals surface area (Å²) in [6, 6.07) is 4.01. The molecular formula is C17H28N2O2S. The van der Waals surface area contributed by atoms with E-state index in [1.165, 1.54) is 0 Å². The molecule has 1 saturated heterocycles. The lowest BCUT2D eigenvalue weighted by Gasteiger charge is -2.36. The zero-order valence-corrected chi connectivity index (χ0v) is 15.2. The van der Waals surface area contributed by atoms with Gasteiger partial charge in [-0.1, -0.05) is 24.6 Å². The minimum absolute atomic E-state index is 0.105. The molecule has 1 aromatic rings. The van der Waals surface area contributed by atoms with Crippen molar-refractivity contribution in [3.63, 3.8) is 0 Å². The van der Waals surface area contributed by atoms with Crippen LogP contribution in [-0.4, -0.2) is 50.3 Å². The molecule has 1 aromatic carbocycles. The fourth-order valence-corrected chi connectivity index (χ4v) is 5.34.